The number of benzene rings is 3. The van der Waals surface area contributed by atoms with Crippen LogP contribution in [0.1, 0.15) is 92.2 Å². The van der Waals surface area contributed by atoms with Gasteiger partial charge in [-0.25, -0.2) is 18.1 Å². The molecule has 66 heavy (non-hydrogen) atoms. The SMILES string of the molecule is CC(C)c1ccccc1[C@@H]1CCCN1C1CC2(CCN(c3ccc(C(=O)NS(=O)(=O)c4cc5c(c([N+](=O)[O-])c4)N[C@@H](CN4C[C@H]6C[C@@H]4CO6)CO5)c(Oc4cnc5[nH]ccc5c4)c3)CC2)C1. The number of nitrogens with one attached hydrogen (secondary N) is 3. The number of hydrogen-bond acceptors (Lipinski definition) is 13. The van der Waals surface area contributed by atoms with Crippen LogP contribution in [0.3, 0.4) is 0 Å². The Labute approximate surface area is 384 Å². The lowest BCUT2D eigenvalue weighted by Crippen LogP contribution is -2.54. The molecule has 6 aliphatic rings. The molecule has 4 saturated heterocycles. The first kappa shape index (κ1) is 42.9. The number of aromatic nitrogens is 2. The van der Waals surface area contributed by atoms with E-state index in [0.717, 1.165) is 62.6 Å². The number of ether oxygens (including phenoxy) is 3. The summed E-state index contributed by atoms with van der Waals surface area (Å²) in [5.74, 6) is 0.0749. The van der Waals surface area contributed by atoms with E-state index < -0.39 is 31.4 Å². The van der Waals surface area contributed by atoms with Gasteiger partial charge in [0.1, 0.15) is 23.8 Å². The number of likely N-dealkylation sites (tertiary alicyclic amines) is 2. The Morgan fingerprint density at radius 2 is 1.88 bits per heavy atom. The lowest BCUT2D eigenvalue weighted by atomic mass is 9.59. The number of amides is 1. The number of sulfonamides is 1. The Morgan fingerprint density at radius 1 is 1.05 bits per heavy atom. The van der Waals surface area contributed by atoms with Gasteiger partial charge in [-0.05, 0) is 98.2 Å². The molecule has 1 spiro atoms. The second kappa shape index (κ2) is 16.8. The molecule has 1 aliphatic carbocycles. The largest absolute Gasteiger partial charge is 0.489 e. The molecule has 3 N–H and O–H groups in total. The first-order valence-electron chi connectivity index (χ1n) is 23.4. The minimum absolute atomic E-state index is 0.0222. The fourth-order valence-corrected chi connectivity index (χ4v) is 12.7. The van der Waals surface area contributed by atoms with E-state index >= 15 is 0 Å². The molecule has 0 unspecified atom stereocenters. The number of carbonyl (C=O) groups is 1. The molecule has 4 atom stereocenters. The molecule has 0 radical (unpaired) electrons. The Bertz CT molecular complexity index is 2800. The molecule has 5 aliphatic heterocycles. The number of nitrogens with zero attached hydrogens (tertiary/aromatic N) is 5. The van der Waals surface area contributed by atoms with Crippen LogP contribution >= 0.6 is 0 Å². The summed E-state index contributed by atoms with van der Waals surface area (Å²) < 4.78 is 48.2. The third-order valence-corrected chi connectivity index (χ3v) is 16.4. The van der Waals surface area contributed by atoms with Crippen LogP contribution in [-0.2, 0) is 14.8 Å². The van der Waals surface area contributed by atoms with Crippen molar-refractivity contribution in [2.75, 3.05) is 56.2 Å². The summed E-state index contributed by atoms with van der Waals surface area (Å²) >= 11 is 0. The van der Waals surface area contributed by atoms with Crippen molar-refractivity contribution in [2.45, 2.75) is 99.9 Å². The summed E-state index contributed by atoms with van der Waals surface area (Å²) in [6.07, 6.45) is 11.4. The van der Waals surface area contributed by atoms with Crippen molar-refractivity contribution < 1.29 is 32.3 Å². The number of H-pyrrole nitrogens is 1. The molecule has 5 aromatic rings. The highest BCUT2D eigenvalue weighted by Gasteiger charge is 2.50. The molecule has 17 heteroatoms. The summed E-state index contributed by atoms with van der Waals surface area (Å²) in [5, 5.41) is 16.4. The van der Waals surface area contributed by atoms with Crippen LogP contribution in [0.5, 0.6) is 17.2 Å². The van der Waals surface area contributed by atoms with Gasteiger partial charge in [-0.1, -0.05) is 38.1 Å². The molecular formula is C49H56N8O8S. The van der Waals surface area contributed by atoms with E-state index in [2.05, 4.69) is 72.8 Å². The van der Waals surface area contributed by atoms with Crippen LogP contribution in [0.15, 0.2) is 84.0 Å². The zero-order chi connectivity index (χ0) is 45.3. The average Bonchev–Trinajstić information content (AvgIpc) is 4.14. The zero-order valence-electron chi connectivity index (χ0n) is 37.3. The molecule has 2 bridgehead atoms. The fourth-order valence-electron chi connectivity index (χ4n) is 11.7. The number of hydrogen-bond donors (Lipinski definition) is 3. The topological polar surface area (TPSA) is 184 Å². The standard InChI is InChI=1S/C49H56N8O8S/c1-30(2)39-6-3-4-7-40(39)42-8-5-15-56(42)35-23-49(24-35)12-16-54(17-13-49)33-9-10-41(44(20-33)65-36-18-31-11-14-50-47(31)51-25-36)48(58)53-66(61,62)38-21-43(57(59)60)46-45(22-38)64-28-32(52-46)26-55-27-37-19-34(55)29-63-37/h3-4,6-7,9-11,14,18,20-22,25,30,32,34-35,37,42,52H,5,8,12-13,15-17,19,23-24,26-29H2,1-2H3,(H,50,51)(H,53,58)/t32-,34+,37+,42-/m0/s1. The minimum atomic E-state index is -4.64. The van der Waals surface area contributed by atoms with Crippen molar-refractivity contribution in [3.05, 3.63) is 106 Å². The third-order valence-electron chi connectivity index (χ3n) is 15.1. The van der Waals surface area contributed by atoms with Crippen molar-refractivity contribution >= 4 is 44.0 Å². The highest BCUT2D eigenvalue weighted by molar-refractivity contribution is 7.90. The molecule has 1 amide bonds. The number of rotatable bonds is 12. The quantitative estimate of drug-likeness (QED) is 0.0817. The smallest absolute Gasteiger partial charge is 0.297 e. The van der Waals surface area contributed by atoms with E-state index in [1.54, 1.807) is 30.6 Å². The van der Waals surface area contributed by atoms with Gasteiger partial charge in [0, 0.05) is 79.8 Å². The highest BCUT2D eigenvalue weighted by Crippen LogP contribution is 2.54. The Morgan fingerprint density at radius 3 is 2.65 bits per heavy atom. The molecule has 346 valence electrons. The van der Waals surface area contributed by atoms with Gasteiger partial charge in [0.25, 0.3) is 21.6 Å². The van der Waals surface area contributed by atoms with E-state index in [-0.39, 0.29) is 41.5 Å². The van der Waals surface area contributed by atoms with Crippen LogP contribution in [0, 0.1) is 15.5 Å². The third kappa shape index (κ3) is 8.02. The number of morpholine rings is 1. The maximum absolute atomic E-state index is 14.1. The number of carbonyl (C=O) groups excluding carboxylic acids is 1. The molecule has 3 aromatic carbocycles. The predicted molar refractivity (Wildman–Crippen MR) is 249 cm³/mol. The summed E-state index contributed by atoms with van der Waals surface area (Å²) in [6, 6.07) is 21.1. The van der Waals surface area contributed by atoms with E-state index in [0.29, 0.717) is 54.0 Å². The van der Waals surface area contributed by atoms with Crippen LogP contribution < -0.4 is 24.4 Å². The number of pyridine rings is 1. The number of anilines is 2. The summed E-state index contributed by atoms with van der Waals surface area (Å²) in [6.45, 7) is 9.63. The number of fused-ring (bicyclic) bond motifs is 4. The Kier molecular flexibility index (Phi) is 10.9. The maximum atomic E-state index is 14.1. The number of nitro groups is 1. The van der Waals surface area contributed by atoms with Crippen LogP contribution in [0.25, 0.3) is 11.0 Å². The fraction of sp³-hybridized carbons (Fsp3) is 0.469. The minimum Gasteiger partial charge on any atom is -0.489 e. The first-order chi connectivity index (χ1) is 31.9. The van der Waals surface area contributed by atoms with E-state index in [1.165, 1.54) is 42.9 Å². The Hall–Kier alpha value is -5.75. The second-order valence-electron chi connectivity index (χ2n) is 19.6. The van der Waals surface area contributed by atoms with Gasteiger partial charge >= 0.3 is 0 Å². The van der Waals surface area contributed by atoms with Gasteiger partial charge in [0.15, 0.2) is 11.4 Å². The second-order valence-corrected chi connectivity index (χ2v) is 21.2. The van der Waals surface area contributed by atoms with Crippen LogP contribution in [0.4, 0.5) is 17.1 Å². The number of aromatic amines is 1. The monoisotopic (exact) mass is 916 g/mol. The van der Waals surface area contributed by atoms with Crippen molar-refractivity contribution in [2.24, 2.45) is 5.41 Å². The lowest BCUT2D eigenvalue weighted by molar-refractivity contribution is -0.384. The van der Waals surface area contributed by atoms with Gasteiger partial charge in [-0.2, -0.15) is 0 Å². The molecule has 7 heterocycles. The summed E-state index contributed by atoms with van der Waals surface area (Å²) in [4.78, 5) is 40.3. The molecular weight excluding hydrogens is 861 g/mol. The summed E-state index contributed by atoms with van der Waals surface area (Å²) in [5.41, 5.74) is 4.39. The van der Waals surface area contributed by atoms with Gasteiger partial charge in [0.2, 0.25) is 0 Å². The molecule has 11 rings (SSSR count). The van der Waals surface area contributed by atoms with Gasteiger partial charge in [-0.3, -0.25) is 24.7 Å². The number of nitro benzene ring substituents is 1. The van der Waals surface area contributed by atoms with Crippen molar-refractivity contribution in [1.82, 2.24) is 24.5 Å². The van der Waals surface area contributed by atoms with Gasteiger partial charge in [0.05, 0.1) is 40.3 Å². The van der Waals surface area contributed by atoms with E-state index in [9.17, 15) is 23.3 Å². The molecule has 5 fully saturated rings. The van der Waals surface area contributed by atoms with Crippen LogP contribution in [-0.4, -0.2) is 109 Å². The van der Waals surface area contributed by atoms with Crippen LogP contribution in [0.2, 0.25) is 0 Å². The number of piperidine rings is 1. The molecule has 2 aromatic heterocycles. The normalized spacial score (nSPS) is 24.0. The van der Waals surface area contributed by atoms with E-state index in [1.807, 2.05) is 12.1 Å². The summed E-state index contributed by atoms with van der Waals surface area (Å²) in [7, 11) is -4.64. The van der Waals surface area contributed by atoms with Crippen molar-refractivity contribution in [3.63, 3.8) is 0 Å². The average molecular weight is 917 g/mol. The van der Waals surface area contributed by atoms with E-state index in [4.69, 9.17) is 14.2 Å². The molecule has 1 saturated carbocycles. The van der Waals surface area contributed by atoms with Gasteiger partial charge in [-0.15, -0.1) is 0 Å². The lowest BCUT2D eigenvalue weighted by Gasteiger charge is -2.56. The zero-order valence-corrected chi connectivity index (χ0v) is 38.1. The molecule has 16 nitrogen and oxygen atoms in total. The highest BCUT2D eigenvalue weighted by atomic mass is 32.2. The maximum Gasteiger partial charge on any atom is 0.297 e. The Balaban J connectivity index is 0.799. The predicted octanol–water partition coefficient (Wildman–Crippen LogP) is 7.74. The van der Waals surface area contributed by atoms with Gasteiger partial charge < -0.3 is 29.4 Å². The van der Waals surface area contributed by atoms with Crippen molar-refractivity contribution in [3.8, 4) is 17.2 Å². The van der Waals surface area contributed by atoms with Crippen molar-refractivity contribution in [1.29, 1.82) is 0 Å². The first-order valence-corrected chi connectivity index (χ1v) is 24.9.